The molecule has 0 spiro atoms. The monoisotopic (exact) mass is 260 g/mol. The highest BCUT2D eigenvalue weighted by Gasteiger charge is 2.17. The van der Waals surface area contributed by atoms with E-state index in [1.54, 1.807) is 24.1 Å². The first kappa shape index (κ1) is 13.3. The number of hydrogen-bond donors (Lipinski definition) is 1. The van der Waals surface area contributed by atoms with Crippen molar-refractivity contribution in [2.45, 2.75) is 18.9 Å². The molecule has 19 heavy (non-hydrogen) atoms. The van der Waals surface area contributed by atoms with Gasteiger partial charge in [-0.05, 0) is 18.9 Å². The van der Waals surface area contributed by atoms with Gasteiger partial charge in [0.25, 0.3) is 5.91 Å². The highest BCUT2D eigenvalue weighted by Crippen LogP contribution is 2.11. The molecular formula is C13H16N4O2. The van der Waals surface area contributed by atoms with Crippen molar-refractivity contribution in [3.63, 3.8) is 0 Å². The fourth-order valence-corrected chi connectivity index (χ4v) is 1.94. The minimum absolute atomic E-state index is 0.0716. The first-order chi connectivity index (χ1) is 9.19. The predicted molar refractivity (Wildman–Crippen MR) is 68.8 cm³/mol. The Balaban J connectivity index is 1.95. The molecule has 1 aliphatic heterocycles. The van der Waals surface area contributed by atoms with Gasteiger partial charge in [0, 0.05) is 32.0 Å². The number of carbonyl (C=O) groups excluding carboxylic acids is 1. The Labute approximate surface area is 111 Å². The van der Waals surface area contributed by atoms with Gasteiger partial charge < -0.3 is 10.1 Å². The van der Waals surface area contributed by atoms with Crippen LogP contribution in [0.3, 0.4) is 0 Å². The van der Waals surface area contributed by atoms with E-state index in [9.17, 15) is 4.79 Å². The van der Waals surface area contributed by atoms with Crippen LogP contribution in [-0.4, -0.2) is 34.9 Å². The summed E-state index contributed by atoms with van der Waals surface area (Å²) in [5.41, 5.74) is 0.803. The lowest BCUT2D eigenvalue weighted by Crippen LogP contribution is -2.32. The minimum atomic E-state index is -0.373. The molecule has 6 nitrogen and oxygen atoms in total. The van der Waals surface area contributed by atoms with Gasteiger partial charge in [0.1, 0.15) is 11.6 Å². The average molecular weight is 260 g/mol. The van der Waals surface area contributed by atoms with Gasteiger partial charge in [-0.1, -0.05) is 0 Å². The first-order valence-corrected chi connectivity index (χ1v) is 6.19. The molecule has 1 aliphatic rings. The third-order valence-electron chi connectivity index (χ3n) is 2.92. The largest absolute Gasteiger partial charge is 0.376 e. The maximum Gasteiger partial charge on any atom is 0.262 e. The van der Waals surface area contributed by atoms with Crippen LogP contribution < -0.4 is 5.32 Å². The SMILES string of the molecule is Cn1cc(/C=C(/C#N)C(=O)NCC2CCCO2)cn1. The molecule has 0 aliphatic carbocycles. The third-order valence-corrected chi connectivity index (χ3v) is 2.92. The number of hydrogen-bond acceptors (Lipinski definition) is 4. The molecule has 1 aromatic rings. The minimum Gasteiger partial charge on any atom is -0.376 e. The molecule has 6 heteroatoms. The Morgan fingerprint density at radius 2 is 2.63 bits per heavy atom. The summed E-state index contributed by atoms with van der Waals surface area (Å²) in [4.78, 5) is 11.9. The van der Waals surface area contributed by atoms with Crippen molar-refractivity contribution in [2.75, 3.05) is 13.2 Å². The zero-order valence-electron chi connectivity index (χ0n) is 10.8. The molecule has 1 saturated heterocycles. The average Bonchev–Trinajstić information content (AvgIpc) is 3.04. The van der Waals surface area contributed by atoms with E-state index >= 15 is 0 Å². The summed E-state index contributed by atoms with van der Waals surface area (Å²) < 4.78 is 7.02. The van der Waals surface area contributed by atoms with E-state index in [0.717, 1.165) is 25.0 Å². The number of carbonyl (C=O) groups is 1. The molecule has 1 aromatic heterocycles. The van der Waals surface area contributed by atoms with Crippen LogP contribution in [-0.2, 0) is 16.6 Å². The summed E-state index contributed by atoms with van der Waals surface area (Å²) in [6.45, 7) is 1.20. The summed E-state index contributed by atoms with van der Waals surface area (Å²) in [6, 6.07) is 1.91. The van der Waals surface area contributed by atoms with Crippen LogP contribution in [0.1, 0.15) is 18.4 Å². The predicted octanol–water partition coefficient (Wildman–Crippen LogP) is 0.622. The lowest BCUT2D eigenvalue weighted by molar-refractivity contribution is -0.117. The van der Waals surface area contributed by atoms with Crippen molar-refractivity contribution in [1.82, 2.24) is 15.1 Å². The van der Waals surface area contributed by atoms with Gasteiger partial charge in [-0.2, -0.15) is 10.4 Å². The zero-order chi connectivity index (χ0) is 13.7. The number of nitriles is 1. The summed E-state index contributed by atoms with van der Waals surface area (Å²) >= 11 is 0. The second kappa shape index (κ2) is 6.16. The van der Waals surface area contributed by atoms with E-state index in [2.05, 4.69) is 10.4 Å². The van der Waals surface area contributed by atoms with Crippen molar-refractivity contribution >= 4 is 12.0 Å². The Morgan fingerprint density at radius 3 is 3.21 bits per heavy atom. The Bertz CT molecular complexity index is 521. The number of aryl methyl sites for hydroxylation is 1. The molecule has 1 unspecified atom stereocenters. The Hall–Kier alpha value is -2.13. The summed E-state index contributed by atoms with van der Waals surface area (Å²) in [7, 11) is 1.78. The van der Waals surface area contributed by atoms with Gasteiger partial charge in [0.2, 0.25) is 0 Å². The van der Waals surface area contributed by atoms with E-state index in [-0.39, 0.29) is 17.6 Å². The first-order valence-electron chi connectivity index (χ1n) is 6.19. The van der Waals surface area contributed by atoms with Crippen molar-refractivity contribution in [3.8, 4) is 6.07 Å². The van der Waals surface area contributed by atoms with Crippen LogP contribution in [0.15, 0.2) is 18.0 Å². The number of amides is 1. The second-order valence-corrected chi connectivity index (χ2v) is 4.46. The number of nitrogens with zero attached hydrogens (tertiary/aromatic N) is 3. The van der Waals surface area contributed by atoms with Crippen molar-refractivity contribution in [3.05, 3.63) is 23.5 Å². The summed E-state index contributed by atoms with van der Waals surface area (Å²) in [6.07, 6.45) is 6.92. The van der Waals surface area contributed by atoms with E-state index in [1.165, 1.54) is 6.08 Å². The van der Waals surface area contributed by atoms with E-state index in [4.69, 9.17) is 10.00 Å². The third kappa shape index (κ3) is 3.66. The van der Waals surface area contributed by atoms with Gasteiger partial charge >= 0.3 is 0 Å². The standard InChI is InChI=1S/C13H16N4O2/c1-17-9-10(7-16-17)5-11(6-14)13(18)15-8-12-3-2-4-19-12/h5,7,9,12H,2-4,8H2,1H3,(H,15,18)/b11-5-. The fourth-order valence-electron chi connectivity index (χ4n) is 1.94. The lowest BCUT2D eigenvalue weighted by Gasteiger charge is -2.09. The number of aromatic nitrogens is 2. The van der Waals surface area contributed by atoms with Gasteiger partial charge in [0.05, 0.1) is 12.3 Å². The molecule has 1 amide bonds. The normalized spacial score (nSPS) is 19.2. The highest BCUT2D eigenvalue weighted by atomic mass is 16.5. The number of rotatable bonds is 4. The zero-order valence-corrected chi connectivity index (χ0v) is 10.8. The smallest absolute Gasteiger partial charge is 0.262 e. The number of ether oxygens (including phenoxy) is 1. The van der Waals surface area contributed by atoms with Crippen LogP contribution >= 0.6 is 0 Å². The van der Waals surface area contributed by atoms with Gasteiger partial charge in [-0.3, -0.25) is 9.48 Å². The van der Waals surface area contributed by atoms with Crippen LogP contribution in [0.2, 0.25) is 0 Å². The highest BCUT2D eigenvalue weighted by molar-refractivity contribution is 6.01. The van der Waals surface area contributed by atoms with Crippen LogP contribution in [0, 0.1) is 11.3 Å². The molecular weight excluding hydrogens is 244 g/mol. The maximum absolute atomic E-state index is 11.9. The Morgan fingerprint density at radius 1 is 1.79 bits per heavy atom. The second-order valence-electron chi connectivity index (χ2n) is 4.46. The molecule has 1 atom stereocenters. The quantitative estimate of drug-likeness (QED) is 0.636. The lowest BCUT2D eigenvalue weighted by atomic mass is 10.2. The summed E-state index contributed by atoms with van der Waals surface area (Å²) in [5, 5.41) is 15.7. The van der Waals surface area contributed by atoms with Gasteiger partial charge in [-0.15, -0.1) is 0 Å². The van der Waals surface area contributed by atoms with E-state index < -0.39 is 0 Å². The Kier molecular flexibility index (Phi) is 4.31. The topological polar surface area (TPSA) is 79.9 Å². The molecule has 0 saturated carbocycles. The molecule has 1 N–H and O–H groups in total. The van der Waals surface area contributed by atoms with Gasteiger partial charge in [0.15, 0.2) is 0 Å². The van der Waals surface area contributed by atoms with Crippen LogP contribution in [0.25, 0.3) is 6.08 Å². The van der Waals surface area contributed by atoms with Crippen molar-refractivity contribution in [2.24, 2.45) is 7.05 Å². The molecule has 2 heterocycles. The van der Waals surface area contributed by atoms with Crippen LogP contribution in [0.5, 0.6) is 0 Å². The molecule has 100 valence electrons. The molecule has 1 fully saturated rings. The van der Waals surface area contributed by atoms with Crippen molar-refractivity contribution < 1.29 is 9.53 Å². The molecule has 0 aromatic carbocycles. The maximum atomic E-state index is 11.9. The van der Waals surface area contributed by atoms with Crippen molar-refractivity contribution in [1.29, 1.82) is 5.26 Å². The van der Waals surface area contributed by atoms with Gasteiger partial charge in [-0.25, -0.2) is 0 Å². The molecule has 2 rings (SSSR count). The van der Waals surface area contributed by atoms with Crippen LogP contribution in [0.4, 0.5) is 0 Å². The fraction of sp³-hybridized carbons (Fsp3) is 0.462. The number of nitrogens with one attached hydrogen (secondary N) is 1. The van der Waals surface area contributed by atoms with E-state index in [0.29, 0.717) is 6.54 Å². The summed E-state index contributed by atoms with van der Waals surface area (Å²) in [5.74, 6) is -0.373. The molecule has 0 bridgehead atoms. The van der Waals surface area contributed by atoms with E-state index in [1.807, 2.05) is 6.07 Å². The molecule has 0 radical (unpaired) electrons.